The van der Waals surface area contributed by atoms with E-state index in [0.717, 1.165) is 5.92 Å². The highest BCUT2D eigenvalue weighted by Gasteiger charge is 2.21. The highest BCUT2D eigenvalue weighted by molar-refractivity contribution is 14.1. The Hall–Kier alpha value is -0.910. The lowest BCUT2D eigenvalue weighted by molar-refractivity contribution is 0.419. The maximum absolute atomic E-state index is 5.88. The molecule has 2 aromatic carbocycles. The third-order valence-electron chi connectivity index (χ3n) is 4.52. The van der Waals surface area contributed by atoms with Gasteiger partial charge in [-0.15, -0.1) is 0 Å². The maximum Gasteiger partial charge on any atom is 0.0720 e. The van der Waals surface area contributed by atoms with Crippen molar-refractivity contribution < 1.29 is 0 Å². The van der Waals surface area contributed by atoms with Gasteiger partial charge in [0.05, 0.1) is 6.04 Å². The average molecular weight is 392 g/mol. The van der Waals surface area contributed by atoms with Gasteiger partial charge >= 0.3 is 0 Å². The molecule has 1 atom stereocenters. The molecule has 2 aromatic rings. The smallest absolute Gasteiger partial charge is 0.0720 e. The van der Waals surface area contributed by atoms with Crippen LogP contribution in [0.25, 0.3) is 0 Å². The van der Waals surface area contributed by atoms with Crippen molar-refractivity contribution in [1.29, 1.82) is 0 Å². The second-order valence-corrected chi connectivity index (χ2v) is 6.95. The predicted molar refractivity (Wildman–Crippen MR) is 96.1 cm³/mol. The van der Waals surface area contributed by atoms with E-state index in [4.69, 9.17) is 5.84 Å². The second kappa shape index (κ2) is 6.46. The molecule has 0 radical (unpaired) electrons. The SMILES string of the molecule is Cc1cccc(C(NN)c2cccc(C3CCC3)c2)c1I. The molecular formula is C18H21IN2. The molecule has 110 valence electrons. The third-order valence-corrected chi connectivity index (χ3v) is 5.99. The van der Waals surface area contributed by atoms with Crippen LogP contribution in [0.3, 0.4) is 0 Å². The summed E-state index contributed by atoms with van der Waals surface area (Å²) in [6, 6.07) is 15.4. The molecule has 3 N–H and O–H groups in total. The summed E-state index contributed by atoms with van der Waals surface area (Å²) in [6.45, 7) is 2.14. The van der Waals surface area contributed by atoms with E-state index in [9.17, 15) is 0 Å². The van der Waals surface area contributed by atoms with Crippen molar-refractivity contribution in [3.8, 4) is 0 Å². The Morgan fingerprint density at radius 1 is 1.19 bits per heavy atom. The lowest BCUT2D eigenvalue weighted by Crippen LogP contribution is -2.29. The summed E-state index contributed by atoms with van der Waals surface area (Å²) in [4.78, 5) is 0. The first-order chi connectivity index (χ1) is 10.2. The van der Waals surface area contributed by atoms with Crippen LogP contribution < -0.4 is 11.3 Å². The van der Waals surface area contributed by atoms with Gasteiger partial charge in [0.2, 0.25) is 0 Å². The number of hydrazine groups is 1. The van der Waals surface area contributed by atoms with E-state index in [1.807, 2.05) is 0 Å². The second-order valence-electron chi connectivity index (χ2n) is 5.88. The van der Waals surface area contributed by atoms with Gasteiger partial charge in [-0.05, 0) is 70.5 Å². The van der Waals surface area contributed by atoms with Crippen molar-refractivity contribution in [1.82, 2.24) is 5.43 Å². The molecule has 21 heavy (non-hydrogen) atoms. The summed E-state index contributed by atoms with van der Waals surface area (Å²) >= 11 is 2.42. The van der Waals surface area contributed by atoms with E-state index >= 15 is 0 Å². The fourth-order valence-corrected chi connectivity index (χ4v) is 3.66. The van der Waals surface area contributed by atoms with E-state index < -0.39 is 0 Å². The summed E-state index contributed by atoms with van der Waals surface area (Å²) in [5.41, 5.74) is 8.26. The molecule has 2 nitrogen and oxygen atoms in total. The minimum atomic E-state index is 0.0526. The fraction of sp³-hybridized carbons (Fsp3) is 0.333. The number of hydrogen-bond acceptors (Lipinski definition) is 2. The van der Waals surface area contributed by atoms with Crippen LogP contribution in [-0.4, -0.2) is 0 Å². The monoisotopic (exact) mass is 392 g/mol. The third kappa shape index (κ3) is 3.00. The quantitative estimate of drug-likeness (QED) is 0.459. The summed E-state index contributed by atoms with van der Waals surface area (Å²) in [6.07, 6.45) is 4.02. The van der Waals surface area contributed by atoms with Crippen molar-refractivity contribution in [2.24, 2.45) is 5.84 Å². The molecule has 1 unspecified atom stereocenters. The molecule has 0 aromatic heterocycles. The van der Waals surface area contributed by atoms with Gasteiger partial charge in [0, 0.05) is 3.57 Å². The van der Waals surface area contributed by atoms with Crippen molar-refractivity contribution in [2.45, 2.75) is 38.1 Å². The van der Waals surface area contributed by atoms with E-state index in [-0.39, 0.29) is 6.04 Å². The van der Waals surface area contributed by atoms with E-state index in [1.54, 1.807) is 0 Å². The molecule has 0 amide bonds. The Morgan fingerprint density at radius 3 is 2.62 bits per heavy atom. The number of nitrogens with two attached hydrogens (primary N) is 1. The van der Waals surface area contributed by atoms with Crippen LogP contribution in [0.2, 0.25) is 0 Å². The van der Waals surface area contributed by atoms with Gasteiger partial charge in [-0.3, -0.25) is 5.84 Å². The summed E-state index contributed by atoms with van der Waals surface area (Å²) in [5.74, 6) is 6.63. The first kappa shape index (κ1) is 15.0. The first-order valence-corrected chi connectivity index (χ1v) is 8.59. The van der Waals surface area contributed by atoms with Crippen molar-refractivity contribution in [2.75, 3.05) is 0 Å². The van der Waals surface area contributed by atoms with Crippen LogP contribution in [0.15, 0.2) is 42.5 Å². The minimum absolute atomic E-state index is 0.0526. The van der Waals surface area contributed by atoms with Crippen molar-refractivity contribution >= 4 is 22.6 Å². The van der Waals surface area contributed by atoms with Crippen LogP contribution in [0.1, 0.15) is 53.5 Å². The zero-order chi connectivity index (χ0) is 14.8. The average Bonchev–Trinajstić information content (AvgIpc) is 2.43. The Balaban J connectivity index is 1.97. The van der Waals surface area contributed by atoms with Gasteiger partial charge in [-0.1, -0.05) is 48.9 Å². The largest absolute Gasteiger partial charge is 0.271 e. The maximum atomic E-state index is 5.88. The van der Waals surface area contributed by atoms with Gasteiger partial charge < -0.3 is 0 Å². The predicted octanol–water partition coefficient (Wildman–Crippen LogP) is 4.42. The molecule has 1 saturated carbocycles. The molecule has 0 bridgehead atoms. The van der Waals surface area contributed by atoms with E-state index in [1.165, 1.54) is 45.1 Å². The zero-order valence-electron chi connectivity index (χ0n) is 12.3. The molecule has 1 aliphatic rings. The van der Waals surface area contributed by atoms with E-state index in [0.29, 0.717) is 0 Å². The Bertz CT molecular complexity index is 635. The molecule has 3 heteroatoms. The number of benzene rings is 2. The molecule has 1 fully saturated rings. The van der Waals surface area contributed by atoms with Gasteiger partial charge in [0.15, 0.2) is 0 Å². The number of aryl methyl sites for hydroxylation is 1. The first-order valence-electron chi connectivity index (χ1n) is 7.51. The van der Waals surface area contributed by atoms with Crippen molar-refractivity contribution in [3.05, 3.63) is 68.3 Å². The van der Waals surface area contributed by atoms with Crippen LogP contribution in [0.4, 0.5) is 0 Å². The number of nitrogens with one attached hydrogen (secondary N) is 1. The molecule has 0 saturated heterocycles. The van der Waals surface area contributed by atoms with Crippen LogP contribution in [0.5, 0.6) is 0 Å². The minimum Gasteiger partial charge on any atom is -0.271 e. The molecule has 3 rings (SSSR count). The molecule has 0 heterocycles. The van der Waals surface area contributed by atoms with Gasteiger partial charge in [-0.2, -0.15) is 0 Å². The zero-order valence-corrected chi connectivity index (χ0v) is 14.4. The summed E-state index contributed by atoms with van der Waals surface area (Å²) < 4.78 is 1.28. The van der Waals surface area contributed by atoms with Crippen LogP contribution >= 0.6 is 22.6 Å². The Kier molecular flexibility index (Phi) is 4.62. The number of halogens is 1. The molecule has 0 spiro atoms. The summed E-state index contributed by atoms with van der Waals surface area (Å²) in [7, 11) is 0. The lowest BCUT2D eigenvalue weighted by Gasteiger charge is -2.27. The van der Waals surface area contributed by atoms with Gasteiger partial charge in [0.1, 0.15) is 0 Å². The van der Waals surface area contributed by atoms with Crippen molar-refractivity contribution in [3.63, 3.8) is 0 Å². The van der Waals surface area contributed by atoms with E-state index in [2.05, 4.69) is 77.4 Å². The molecule has 0 aliphatic heterocycles. The summed E-state index contributed by atoms with van der Waals surface area (Å²) in [5, 5.41) is 0. The Labute approximate surface area is 140 Å². The highest BCUT2D eigenvalue weighted by Crippen LogP contribution is 2.37. The normalized spacial score (nSPS) is 16.5. The standard InChI is InChI=1S/C18H21IN2/c1-12-5-2-10-16(17(12)19)18(21-20)15-9-4-8-14(11-15)13-6-3-7-13/h2,4-5,8-11,13,18,21H,3,6-7,20H2,1H3. The molecular weight excluding hydrogens is 371 g/mol. The number of rotatable bonds is 4. The van der Waals surface area contributed by atoms with Crippen LogP contribution in [0, 0.1) is 10.5 Å². The topological polar surface area (TPSA) is 38.0 Å². The van der Waals surface area contributed by atoms with Gasteiger partial charge in [-0.25, -0.2) is 5.43 Å². The molecule has 1 aliphatic carbocycles. The number of hydrogen-bond donors (Lipinski definition) is 2. The van der Waals surface area contributed by atoms with Crippen LogP contribution in [-0.2, 0) is 0 Å². The lowest BCUT2D eigenvalue weighted by atomic mass is 9.79. The highest BCUT2D eigenvalue weighted by atomic mass is 127. The fourth-order valence-electron chi connectivity index (χ4n) is 2.99. The van der Waals surface area contributed by atoms with Gasteiger partial charge in [0.25, 0.3) is 0 Å². The Morgan fingerprint density at radius 2 is 1.95 bits per heavy atom.